The highest BCUT2D eigenvalue weighted by atomic mass is 32.2. The zero-order valence-corrected chi connectivity index (χ0v) is 11.4. The largest absolute Gasteiger partial charge is 0.395 e. The van der Waals surface area contributed by atoms with Crippen LogP contribution in [-0.2, 0) is 4.79 Å². The molecule has 1 unspecified atom stereocenters. The van der Waals surface area contributed by atoms with Crippen LogP contribution in [-0.4, -0.2) is 39.6 Å². The fraction of sp³-hybridized carbons (Fsp3) is 0.308. The van der Waals surface area contributed by atoms with Crippen molar-refractivity contribution in [2.45, 2.75) is 12.5 Å². The second-order valence-corrected chi connectivity index (χ2v) is 4.98. The first-order valence-corrected chi connectivity index (χ1v) is 6.97. The van der Waals surface area contributed by atoms with Crippen molar-refractivity contribution < 1.29 is 14.7 Å². The van der Waals surface area contributed by atoms with Gasteiger partial charge in [-0.1, -0.05) is 23.6 Å². The van der Waals surface area contributed by atoms with Gasteiger partial charge in [0.05, 0.1) is 6.61 Å². The summed E-state index contributed by atoms with van der Waals surface area (Å²) in [6, 6.07) is 2.83. The molecule has 1 aromatic rings. The van der Waals surface area contributed by atoms with E-state index in [0.29, 0.717) is 23.6 Å². The average molecular weight is 291 g/mol. The van der Waals surface area contributed by atoms with E-state index < -0.39 is 6.04 Å². The highest BCUT2D eigenvalue weighted by Crippen LogP contribution is 2.14. The van der Waals surface area contributed by atoms with Crippen molar-refractivity contribution in [3.05, 3.63) is 23.9 Å². The molecule has 0 aliphatic carbocycles. The van der Waals surface area contributed by atoms with E-state index in [4.69, 9.17) is 5.11 Å². The third-order valence-electron chi connectivity index (χ3n) is 2.47. The van der Waals surface area contributed by atoms with Gasteiger partial charge in [-0.15, -0.1) is 0 Å². The van der Waals surface area contributed by atoms with Crippen molar-refractivity contribution in [2.24, 2.45) is 0 Å². The molecule has 6 nitrogen and oxygen atoms in total. The highest BCUT2D eigenvalue weighted by Gasteiger charge is 2.28. The third kappa shape index (κ3) is 3.98. The number of aliphatic hydroxyl groups excluding tert-OH is 1. The Morgan fingerprint density at radius 1 is 1.65 bits per heavy atom. The van der Waals surface area contributed by atoms with E-state index in [1.807, 2.05) is 0 Å². The molecule has 1 aliphatic rings. The summed E-state index contributed by atoms with van der Waals surface area (Å²) in [6.45, 7) is 0.0146. The maximum Gasteiger partial charge on any atom is 0.279 e. The lowest BCUT2D eigenvalue weighted by atomic mass is 10.2. The molecule has 1 saturated heterocycles. The van der Waals surface area contributed by atoms with E-state index in [2.05, 4.69) is 27.5 Å². The minimum Gasteiger partial charge on any atom is -0.395 e. The first-order valence-electron chi connectivity index (χ1n) is 5.99. The maximum absolute atomic E-state index is 11.9. The van der Waals surface area contributed by atoms with Gasteiger partial charge in [0, 0.05) is 23.9 Å². The Morgan fingerprint density at radius 3 is 3.20 bits per heavy atom. The van der Waals surface area contributed by atoms with Crippen LogP contribution in [0.25, 0.3) is 0 Å². The number of carbonyl (C=O) groups excluding carboxylic acids is 2. The molecule has 1 fully saturated rings. The Kier molecular flexibility index (Phi) is 4.98. The zero-order chi connectivity index (χ0) is 14.4. The summed E-state index contributed by atoms with van der Waals surface area (Å²) in [6.07, 6.45) is 1.94. The Bertz CT molecular complexity index is 580. The molecule has 2 heterocycles. The average Bonchev–Trinajstić information content (AvgIpc) is 2.86. The van der Waals surface area contributed by atoms with Gasteiger partial charge in [0.2, 0.25) is 5.91 Å². The Labute approximate surface area is 120 Å². The van der Waals surface area contributed by atoms with E-state index in [0.717, 1.165) is 11.8 Å². The fourth-order valence-corrected chi connectivity index (χ4v) is 2.31. The summed E-state index contributed by atoms with van der Waals surface area (Å²) in [5.74, 6) is 6.16. The standard InChI is InChI=1S/C13H13N3O3S/c17-6-2-1-3-9-4-5-14-11(7-9)16-12(18)10-8-20-13(19)15-10/h4-5,7,10,17H,2,6,8H2,(H,15,19)(H,14,16,18). The van der Waals surface area contributed by atoms with E-state index in [1.165, 1.54) is 0 Å². The third-order valence-corrected chi connectivity index (χ3v) is 3.35. The maximum atomic E-state index is 11.9. The van der Waals surface area contributed by atoms with Crippen molar-refractivity contribution in [2.75, 3.05) is 17.7 Å². The molecule has 1 atom stereocenters. The van der Waals surface area contributed by atoms with Crippen LogP contribution in [0.3, 0.4) is 0 Å². The van der Waals surface area contributed by atoms with Gasteiger partial charge in [0.1, 0.15) is 11.9 Å². The first kappa shape index (κ1) is 14.4. The van der Waals surface area contributed by atoms with Crippen LogP contribution in [0.1, 0.15) is 12.0 Å². The van der Waals surface area contributed by atoms with Crippen LogP contribution in [0, 0.1) is 11.8 Å². The molecule has 3 N–H and O–H groups in total. The van der Waals surface area contributed by atoms with E-state index >= 15 is 0 Å². The molecule has 2 rings (SSSR count). The van der Waals surface area contributed by atoms with Gasteiger partial charge in [0.15, 0.2) is 0 Å². The van der Waals surface area contributed by atoms with Crippen LogP contribution in [0.4, 0.5) is 10.6 Å². The molecule has 1 aromatic heterocycles. The quantitative estimate of drug-likeness (QED) is 0.709. The second kappa shape index (κ2) is 6.93. The van der Waals surface area contributed by atoms with E-state index in [-0.39, 0.29) is 17.8 Å². The fourth-order valence-electron chi connectivity index (χ4n) is 1.54. The predicted molar refractivity (Wildman–Crippen MR) is 76.2 cm³/mol. The Morgan fingerprint density at radius 2 is 2.50 bits per heavy atom. The van der Waals surface area contributed by atoms with E-state index in [1.54, 1.807) is 18.3 Å². The van der Waals surface area contributed by atoms with Crippen LogP contribution >= 0.6 is 11.8 Å². The number of pyridine rings is 1. The van der Waals surface area contributed by atoms with Crippen LogP contribution in [0.5, 0.6) is 0 Å². The molecule has 0 radical (unpaired) electrons. The molecule has 2 amide bonds. The van der Waals surface area contributed by atoms with Crippen LogP contribution in [0.2, 0.25) is 0 Å². The summed E-state index contributed by atoms with van der Waals surface area (Å²) in [7, 11) is 0. The monoisotopic (exact) mass is 291 g/mol. The molecule has 0 aromatic carbocycles. The number of aliphatic hydroxyl groups is 1. The lowest BCUT2D eigenvalue weighted by molar-refractivity contribution is -0.117. The number of hydrogen-bond acceptors (Lipinski definition) is 5. The normalized spacial score (nSPS) is 17.1. The zero-order valence-electron chi connectivity index (χ0n) is 10.5. The molecule has 7 heteroatoms. The number of amides is 2. The summed E-state index contributed by atoms with van der Waals surface area (Å²) >= 11 is 1.08. The number of rotatable bonds is 3. The highest BCUT2D eigenvalue weighted by molar-refractivity contribution is 8.14. The summed E-state index contributed by atoms with van der Waals surface area (Å²) < 4.78 is 0. The topological polar surface area (TPSA) is 91.3 Å². The predicted octanol–water partition coefficient (Wildman–Crippen LogP) is 0.579. The van der Waals surface area contributed by atoms with Gasteiger partial charge in [-0.25, -0.2) is 4.98 Å². The Balaban J connectivity index is 1.99. The van der Waals surface area contributed by atoms with E-state index in [9.17, 15) is 9.59 Å². The minimum atomic E-state index is -0.529. The van der Waals surface area contributed by atoms with Crippen molar-refractivity contribution >= 4 is 28.7 Å². The molecule has 104 valence electrons. The van der Waals surface area contributed by atoms with Crippen molar-refractivity contribution in [1.82, 2.24) is 10.3 Å². The molecule has 20 heavy (non-hydrogen) atoms. The van der Waals surface area contributed by atoms with Gasteiger partial charge in [-0.3, -0.25) is 9.59 Å². The van der Waals surface area contributed by atoms with Gasteiger partial charge < -0.3 is 15.7 Å². The van der Waals surface area contributed by atoms with Crippen molar-refractivity contribution in [1.29, 1.82) is 0 Å². The number of nitrogens with one attached hydrogen (secondary N) is 2. The number of carbonyl (C=O) groups is 2. The lowest BCUT2D eigenvalue weighted by Crippen LogP contribution is -2.38. The number of aromatic nitrogens is 1. The van der Waals surface area contributed by atoms with Gasteiger partial charge in [-0.2, -0.15) is 0 Å². The summed E-state index contributed by atoms with van der Waals surface area (Å²) in [5, 5.41) is 13.7. The number of anilines is 1. The second-order valence-electron chi connectivity index (χ2n) is 3.99. The minimum absolute atomic E-state index is 0.0146. The lowest BCUT2D eigenvalue weighted by Gasteiger charge is -2.09. The number of hydrogen-bond donors (Lipinski definition) is 3. The Hall–Kier alpha value is -2.04. The number of nitrogens with zero attached hydrogens (tertiary/aromatic N) is 1. The van der Waals surface area contributed by atoms with Crippen molar-refractivity contribution in [3.63, 3.8) is 0 Å². The van der Waals surface area contributed by atoms with Gasteiger partial charge in [-0.05, 0) is 12.1 Å². The van der Waals surface area contributed by atoms with Crippen molar-refractivity contribution in [3.8, 4) is 11.8 Å². The van der Waals surface area contributed by atoms with Gasteiger partial charge >= 0.3 is 0 Å². The molecule has 0 bridgehead atoms. The smallest absolute Gasteiger partial charge is 0.279 e. The van der Waals surface area contributed by atoms with Crippen LogP contribution < -0.4 is 10.6 Å². The molecule has 0 spiro atoms. The molecular formula is C13H13N3O3S. The van der Waals surface area contributed by atoms with Crippen LogP contribution in [0.15, 0.2) is 18.3 Å². The molecule has 0 saturated carbocycles. The first-order chi connectivity index (χ1) is 9.69. The number of thioether (sulfide) groups is 1. The summed E-state index contributed by atoms with van der Waals surface area (Å²) in [5.41, 5.74) is 0.702. The summed E-state index contributed by atoms with van der Waals surface area (Å²) in [4.78, 5) is 26.9. The molecular weight excluding hydrogens is 278 g/mol. The molecule has 1 aliphatic heterocycles. The SMILES string of the molecule is O=C1NC(C(=O)Nc2cc(C#CCCO)ccn2)CS1. The van der Waals surface area contributed by atoms with Gasteiger partial charge in [0.25, 0.3) is 5.24 Å².